The predicted octanol–water partition coefficient (Wildman–Crippen LogP) is 9.44. The Balaban J connectivity index is 1.63. The van der Waals surface area contributed by atoms with Crippen LogP contribution in [0, 0.1) is 52.6 Å². The van der Waals surface area contributed by atoms with Crippen LogP contribution in [0.2, 0.25) is 0 Å². The topological polar surface area (TPSA) is 18.5 Å². The molecule has 0 radical (unpaired) electrons. The van der Waals surface area contributed by atoms with Crippen LogP contribution in [-0.4, -0.2) is 6.61 Å². The zero-order valence-electron chi connectivity index (χ0n) is 22.0. The summed E-state index contributed by atoms with van der Waals surface area (Å²) in [5.41, 5.74) is -7.10. The molecule has 0 aliphatic rings. The third kappa shape index (κ3) is 7.19. The lowest BCUT2D eigenvalue weighted by Crippen LogP contribution is -2.25. The second-order valence-electron chi connectivity index (χ2n) is 9.00. The molecule has 0 saturated carbocycles. The van der Waals surface area contributed by atoms with Gasteiger partial charge in [0, 0.05) is 23.8 Å². The molecule has 0 aliphatic carbocycles. The standard InChI is InChI=1S/C31H14F12O2/c1-2-7-44-18-6-5-16(20(32)12-18)4-3-15-8-21(33)27(22(34)9-15)17-10-23(35)29(24(36)11-17)31(42,43)45-19-13-25(37)28(26(38)14-19)30(39,40)41/h2,5-6,8-14H,1,7H2. The summed E-state index contributed by atoms with van der Waals surface area (Å²) in [6, 6.07) is 4.52. The van der Waals surface area contributed by atoms with Gasteiger partial charge in [0.2, 0.25) is 0 Å². The Hall–Kier alpha value is -5.06. The Morgan fingerprint density at radius 2 is 1.16 bits per heavy atom. The van der Waals surface area contributed by atoms with E-state index < -0.39 is 81.0 Å². The first-order valence-electron chi connectivity index (χ1n) is 12.2. The minimum atomic E-state index is -5.54. The van der Waals surface area contributed by atoms with E-state index >= 15 is 0 Å². The van der Waals surface area contributed by atoms with Gasteiger partial charge in [-0.2, -0.15) is 22.0 Å². The summed E-state index contributed by atoms with van der Waals surface area (Å²) >= 11 is 0. The third-order valence-corrected chi connectivity index (χ3v) is 5.86. The van der Waals surface area contributed by atoms with Gasteiger partial charge in [-0.05, 0) is 42.0 Å². The molecule has 0 fully saturated rings. The fourth-order valence-corrected chi connectivity index (χ4v) is 3.98. The fourth-order valence-electron chi connectivity index (χ4n) is 3.98. The van der Waals surface area contributed by atoms with Crippen LogP contribution >= 0.6 is 0 Å². The van der Waals surface area contributed by atoms with Crippen LogP contribution in [0.25, 0.3) is 11.1 Å². The first-order chi connectivity index (χ1) is 21.0. The number of ether oxygens (including phenoxy) is 2. The first kappa shape index (κ1) is 32.8. The van der Waals surface area contributed by atoms with Crippen molar-refractivity contribution in [2.75, 3.05) is 6.61 Å². The van der Waals surface area contributed by atoms with E-state index in [2.05, 4.69) is 23.2 Å². The van der Waals surface area contributed by atoms with Crippen molar-refractivity contribution in [2.24, 2.45) is 0 Å². The van der Waals surface area contributed by atoms with Gasteiger partial charge in [0.05, 0.1) is 11.1 Å². The highest BCUT2D eigenvalue weighted by atomic mass is 19.4. The Morgan fingerprint density at radius 1 is 0.622 bits per heavy atom. The smallest absolute Gasteiger partial charge is 0.432 e. The van der Waals surface area contributed by atoms with Crippen molar-refractivity contribution >= 4 is 0 Å². The van der Waals surface area contributed by atoms with E-state index in [0.29, 0.717) is 12.1 Å². The van der Waals surface area contributed by atoms with Crippen LogP contribution in [-0.2, 0) is 12.3 Å². The van der Waals surface area contributed by atoms with Crippen LogP contribution < -0.4 is 9.47 Å². The monoisotopic (exact) mass is 646 g/mol. The van der Waals surface area contributed by atoms with E-state index in [1.807, 2.05) is 0 Å². The number of hydrogen-bond acceptors (Lipinski definition) is 2. The molecule has 0 spiro atoms. The molecule has 234 valence electrons. The molecule has 0 bridgehead atoms. The van der Waals surface area contributed by atoms with Gasteiger partial charge in [0.15, 0.2) is 0 Å². The van der Waals surface area contributed by atoms with Gasteiger partial charge in [-0.1, -0.05) is 24.5 Å². The summed E-state index contributed by atoms with van der Waals surface area (Å²) in [7, 11) is 0. The van der Waals surface area contributed by atoms with Crippen molar-refractivity contribution in [2.45, 2.75) is 12.3 Å². The van der Waals surface area contributed by atoms with Gasteiger partial charge in [-0.3, -0.25) is 0 Å². The lowest BCUT2D eigenvalue weighted by Gasteiger charge is -2.21. The van der Waals surface area contributed by atoms with Gasteiger partial charge in [-0.25, -0.2) is 30.7 Å². The molecule has 0 unspecified atom stereocenters. The molecule has 0 heterocycles. The molecular weight excluding hydrogens is 632 g/mol. The Kier molecular flexibility index (Phi) is 9.13. The van der Waals surface area contributed by atoms with Crippen LogP contribution in [0.4, 0.5) is 52.7 Å². The van der Waals surface area contributed by atoms with E-state index in [1.165, 1.54) is 18.2 Å². The van der Waals surface area contributed by atoms with Crippen molar-refractivity contribution in [1.82, 2.24) is 0 Å². The molecular formula is C31H14F12O2. The maximum atomic E-state index is 14.9. The normalized spacial score (nSPS) is 11.6. The fraction of sp³-hybridized carbons (Fsp3) is 0.0968. The molecule has 0 aliphatic heterocycles. The first-order valence-corrected chi connectivity index (χ1v) is 12.2. The molecule has 45 heavy (non-hydrogen) atoms. The highest BCUT2D eigenvalue weighted by Crippen LogP contribution is 2.40. The number of halogens is 12. The highest BCUT2D eigenvalue weighted by molar-refractivity contribution is 5.67. The lowest BCUT2D eigenvalue weighted by molar-refractivity contribution is -0.189. The average molecular weight is 646 g/mol. The van der Waals surface area contributed by atoms with E-state index in [-0.39, 0.29) is 47.7 Å². The summed E-state index contributed by atoms with van der Waals surface area (Å²) in [6.45, 7) is 3.55. The predicted molar refractivity (Wildman–Crippen MR) is 136 cm³/mol. The minimum absolute atomic E-state index is 0.0990. The molecule has 0 amide bonds. The Labute approximate surface area is 246 Å². The zero-order valence-corrected chi connectivity index (χ0v) is 22.0. The molecule has 14 heteroatoms. The lowest BCUT2D eigenvalue weighted by atomic mass is 9.99. The summed E-state index contributed by atoms with van der Waals surface area (Å²) in [5.74, 6) is -9.41. The van der Waals surface area contributed by atoms with E-state index in [9.17, 15) is 52.7 Å². The van der Waals surface area contributed by atoms with E-state index in [4.69, 9.17) is 4.74 Å². The molecule has 0 aromatic heterocycles. The molecule has 4 aromatic rings. The van der Waals surface area contributed by atoms with Crippen molar-refractivity contribution in [3.63, 3.8) is 0 Å². The SMILES string of the molecule is C=CCOc1ccc(C#Cc2cc(F)c(-c3cc(F)c(C(F)(F)Oc4cc(F)c(C(F)(F)F)c(F)c4)c(F)c3)c(F)c2)c(F)c1. The number of rotatable bonds is 7. The zero-order chi connectivity index (χ0) is 33.3. The highest BCUT2D eigenvalue weighted by Gasteiger charge is 2.43. The van der Waals surface area contributed by atoms with Crippen molar-refractivity contribution in [1.29, 1.82) is 0 Å². The molecule has 2 nitrogen and oxygen atoms in total. The summed E-state index contributed by atoms with van der Waals surface area (Å²) in [5, 5.41) is 0. The van der Waals surface area contributed by atoms with Crippen molar-refractivity contribution < 1.29 is 62.2 Å². The molecule has 0 saturated heterocycles. The number of alkyl halides is 5. The Morgan fingerprint density at radius 3 is 1.67 bits per heavy atom. The quantitative estimate of drug-likeness (QED) is 0.113. The van der Waals surface area contributed by atoms with Gasteiger partial charge < -0.3 is 9.47 Å². The summed E-state index contributed by atoms with van der Waals surface area (Å²) in [6.07, 6.45) is -9.18. The van der Waals surface area contributed by atoms with Crippen LogP contribution in [0.3, 0.4) is 0 Å². The van der Waals surface area contributed by atoms with Crippen LogP contribution in [0.5, 0.6) is 11.5 Å². The molecule has 4 aromatic carbocycles. The van der Waals surface area contributed by atoms with Crippen LogP contribution in [0.1, 0.15) is 22.3 Å². The van der Waals surface area contributed by atoms with Gasteiger partial charge in [-0.15, -0.1) is 0 Å². The average Bonchev–Trinajstić information content (AvgIpc) is 2.89. The van der Waals surface area contributed by atoms with Gasteiger partial charge >= 0.3 is 12.3 Å². The van der Waals surface area contributed by atoms with Crippen molar-refractivity contribution in [3.8, 4) is 34.5 Å². The maximum Gasteiger partial charge on any atom is 0.432 e. The van der Waals surface area contributed by atoms with E-state index in [1.54, 1.807) is 0 Å². The summed E-state index contributed by atoms with van der Waals surface area (Å²) in [4.78, 5) is 0. The van der Waals surface area contributed by atoms with E-state index in [0.717, 1.165) is 6.07 Å². The van der Waals surface area contributed by atoms with Crippen molar-refractivity contribution in [3.05, 3.63) is 130 Å². The second kappa shape index (κ2) is 12.5. The van der Waals surface area contributed by atoms with Gasteiger partial charge in [0.25, 0.3) is 0 Å². The maximum absolute atomic E-state index is 14.9. The number of hydrogen-bond donors (Lipinski definition) is 0. The minimum Gasteiger partial charge on any atom is -0.489 e. The largest absolute Gasteiger partial charge is 0.489 e. The Bertz CT molecular complexity index is 1780. The summed E-state index contributed by atoms with van der Waals surface area (Å²) < 4.78 is 178. The van der Waals surface area contributed by atoms with Crippen LogP contribution in [0.15, 0.2) is 67.3 Å². The second-order valence-corrected chi connectivity index (χ2v) is 9.00. The third-order valence-electron chi connectivity index (χ3n) is 5.86. The molecule has 0 atom stereocenters. The molecule has 0 N–H and O–H groups in total. The van der Waals surface area contributed by atoms with Gasteiger partial charge in [0.1, 0.15) is 70.0 Å². The number of benzene rings is 4. The molecule has 4 rings (SSSR count).